The Morgan fingerprint density at radius 2 is 1.79 bits per heavy atom. The van der Waals surface area contributed by atoms with E-state index < -0.39 is 28.2 Å². The van der Waals surface area contributed by atoms with E-state index in [1.54, 1.807) is 18.3 Å². The normalized spacial score (nSPS) is 28.1. The maximum absolute atomic E-state index is 15.2. The van der Waals surface area contributed by atoms with Crippen LogP contribution in [0.4, 0.5) is 14.5 Å². The van der Waals surface area contributed by atoms with Crippen molar-refractivity contribution in [2.75, 3.05) is 5.32 Å². The summed E-state index contributed by atoms with van der Waals surface area (Å²) in [6.07, 6.45) is 4.15. The van der Waals surface area contributed by atoms with Gasteiger partial charge in [-0.25, -0.2) is 8.78 Å². The molecule has 2 atom stereocenters. The molecule has 0 amide bonds. The van der Waals surface area contributed by atoms with Crippen LogP contribution < -0.4 is 5.32 Å². The number of hydrogen-bond acceptors (Lipinski definition) is 2. The maximum Gasteiger partial charge on any atom is 0.133 e. The number of halogens is 2. The van der Waals surface area contributed by atoms with Crippen molar-refractivity contribution in [3.8, 4) is 11.1 Å². The standard InChI is InChI=1S/C23H24F2N2O/c1-21(2)23(28)7-4-6-22(23,3)17-11-15(18(25)12-19(17)27-21)16-10-14(24)9-13-5-8-26-20(13)16/h5,8-12,26-28H,4,6-7H2,1-3H3. The first-order valence-corrected chi connectivity index (χ1v) is 9.78. The van der Waals surface area contributed by atoms with E-state index in [4.69, 9.17) is 0 Å². The first-order valence-electron chi connectivity index (χ1n) is 9.78. The van der Waals surface area contributed by atoms with Gasteiger partial charge in [-0.05, 0) is 69.0 Å². The average molecular weight is 382 g/mol. The van der Waals surface area contributed by atoms with Gasteiger partial charge in [-0.2, -0.15) is 0 Å². The third-order valence-electron chi connectivity index (χ3n) is 7.23. The summed E-state index contributed by atoms with van der Waals surface area (Å²) in [4.78, 5) is 3.10. The van der Waals surface area contributed by atoms with Crippen LogP contribution >= 0.6 is 0 Å². The number of aliphatic hydroxyl groups is 1. The molecule has 2 heterocycles. The Hall–Kier alpha value is -2.40. The second-order valence-electron chi connectivity index (χ2n) is 9.07. The van der Waals surface area contributed by atoms with Crippen molar-refractivity contribution in [2.45, 2.75) is 56.6 Å². The molecule has 1 saturated carbocycles. The highest BCUT2D eigenvalue weighted by molar-refractivity contribution is 5.95. The topological polar surface area (TPSA) is 48.0 Å². The Morgan fingerprint density at radius 3 is 2.57 bits per heavy atom. The lowest BCUT2D eigenvalue weighted by Gasteiger charge is -2.55. The minimum absolute atomic E-state index is 0.350. The van der Waals surface area contributed by atoms with Crippen LogP contribution in [0, 0.1) is 11.6 Å². The van der Waals surface area contributed by atoms with Gasteiger partial charge in [-0.3, -0.25) is 0 Å². The third kappa shape index (κ3) is 2.05. The van der Waals surface area contributed by atoms with Crippen molar-refractivity contribution in [3.05, 3.63) is 53.7 Å². The molecule has 146 valence electrons. The summed E-state index contributed by atoms with van der Waals surface area (Å²) >= 11 is 0. The summed E-state index contributed by atoms with van der Waals surface area (Å²) in [7, 11) is 0. The number of aromatic nitrogens is 1. The zero-order valence-electron chi connectivity index (χ0n) is 16.3. The van der Waals surface area contributed by atoms with Gasteiger partial charge in [0.15, 0.2) is 0 Å². The number of nitrogens with one attached hydrogen (secondary N) is 2. The molecular weight excluding hydrogens is 358 g/mol. The van der Waals surface area contributed by atoms with Gasteiger partial charge in [0.2, 0.25) is 0 Å². The van der Waals surface area contributed by atoms with Crippen LogP contribution in [-0.4, -0.2) is 21.2 Å². The molecule has 0 radical (unpaired) electrons. The molecule has 2 aromatic carbocycles. The minimum atomic E-state index is -0.939. The van der Waals surface area contributed by atoms with E-state index in [0.29, 0.717) is 34.1 Å². The van der Waals surface area contributed by atoms with E-state index in [1.807, 2.05) is 13.8 Å². The highest BCUT2D eigenvalue weighted by Gasteiger charge is 2.62. The van der Waals surface area contributed by atoms with Gasteiger partial charge in [0.05, 0.1) is 16.7 Å². The van der Waals surface area contributed by atoms with E-state index in [0.717, 1.165) is 18.4 Å². The first kappa shape index (κ1) is 17.7. The molecule has 28 heavy (non-hydrogen) atoms. The highest BCUT2D eigenvalue weighted by Crippen LogP contribution is 2.59. The van der Waals surface area contributed by atoms with Crippen LogP contribution in [0.2, 0.25) is 0 Å². The third-order valence-corrected chi connectivity index (χ3v) is 7.23. The molecular formula is C23H24F2N2O. The van der Waals surface area contributed by atoms with Gasteiger partial charge in [0.1, 0.15) is 11.6 Å². The predicted molar refractivity (Wildman–Crippen MR) is 108 cm³/mol. The fourth-order valence-electron chi connectivity index (χ4n) is 5.67. The molecule has 1 aliphatic carbocycles. The molecule has 2 aliphatic rings. The van der Waals surface area contributed by atoms with E-state index in [-0.39, 0.29) is 0 Å². The zero-order chi connectivity index (χ0) is 19.9. The van der Waals surface area contributed by atoms with Crippen molar-refractivity contribution >= 4 is 16.6 Å². The van der Waals surface area contributed by atoms with E-state index >= 15 is 4.39 Å². The Labute approximate surface area is 162 Å². The van der Waals surface area contributed by atoms with Gasteiger partial charge < -0.3 is 15.4 Å². The second-order valence-corrected chi connectivity index (χ2v) is 9.07. The van der Waals surface area contributed by atoms with Crippen molar-refractivity contribution in [3.63, 3.8) is 0 Å². The molecule has 1 aromatic heterocycles. The van der Waals surface area contributed by atoms with Crippen molar-refractivity contribution < 1.29 is 13.9 Å². The minimum Gasteiger partial charge on any atom is -0.387 e. The fourth-order valence-corrected chi connectivity index (χ4v) is 5.67. The van der Waals surface area contributed by atoms with E-state index in [2.05, 4.69) is 17.2 Å². The summed E-state index contributed by atoms with van der Waals surface area (Å²) in [5.74, 6) is -0.808. The second kappa shape index (κ2) is 5.35. The molecule has 0 spiro atoms. The van der Waals surface area contributed by atoms with Gasteiger partial charge >= 0.3 is 0 Å². The maximum atomic E-state index is 15.2. The lowest BCUT2D eigenvalue weighted by molar-refractivity contribution is -0.0628. The molecule has 3 aromatic rings. The number of benzene rings is 2. The number of H-pyrrole nitrogens is 1. The van der Waals surface area contributed by atoms with Gasteiger partial charge in [0.25, 0.3) is 0 Å². The molecule has 1 fully saturated rings. The number of anilines is 1. The molecule has 3 N–H and O–H groups in total. The Bertz CT molecular complexity index is 1120. The number of aromatic amines is 1. The average Bonchev–Trinajstić information content (AvgIpc) is 3.19. The van der Waals surface area contributed by atoms with E-state index in [9.17, 15) is 9.50 Å². The van der Waals surface area contributed by atoms with Crippen LogP contribution in [0.1, 0.15) is 45.6 Å². The van der Waals surface area contributed by atoms with Gasteiger partial charge in [-0.15, -0.1) is 0 Å². The van der Waals surface area contributed by atoms with Crippen molar-refractivity contribution in [2.24, 2.45) is 0 Å². The van der Waals surface area contributed by atoms with Crippen LogP contribution in [0.3, 0.4) is 0 Å². The summed E-state index contributed by atoms with van der Waals surface area (Å²) in [5, 5.41) is 15.7. The summed E-state index contributed by atoms with van der Waals surface area (Å²) in [6, 6.07) is 7.88. The number of rotatable bonds is 1. The Morgan fingerprint density at radius 1 is 1.00 bits per heavy atom. The Balaban J connectivity index is 1.79. The molecule has 5 rings (SSSR count). The number of fused-ring (bicyclic) bond motifs is 4. The van der Waals surface area contributed by atoms with E-state index in [1.165, 1.54) is 18.2 Å². The summed E-state index contributed by atoms with van der Waals surface area (Å²) < 4.78 is 29.4. The molecule has 2 unspecified atom stereocenters. The smallest absolute Gasteiger partial charge is 0.133 e. The van der Waals surface area contributed by atoms with Crippen LogP contribution in [-0.2, 0) is 5.41 Å². The van der Waals surface area contributed by atoms with Crippen LogP contribution in [0.5, 0.6) is 0 Å². The molecule has 0 saturated heterocycles. The SMILES string of the molecule is CC1(C)Nc2cc(F)c(-c3cc(F)cc4cc[nH]c34)cc2C2(C)CCCC12O. The van der Waals surface area contributed by atoms with Crippen molar-refractivity contribution in [1.29, 1.82) is 0 Å². The lowest BCUT2D eigenvalue weighted by Crippen LogP contribution is -2.65. The lowest BCUT2D eigenvalue weighted by atomic mass is 9.60. The predicted octanol–water partition coefficient (Wildman–Crippen LogP) is 5.49. The first-order chi connectivity index (χ1) is 13.2. The molecule has 5 heteroatoms. The van der Waals surface area contributed by atoms with Crippen LogP contribution in [0.25, 0.3) is 22.0 Å². The largest absolute Gasteiger partial charge is 0.387 e. The fraction of sp³-hybridized carbons (Fsp3) is 0.391. The van der Waals surface area contributed by atoms with Gasteiger partial charge in [0, 0.05) is 33.8 Å². The summed E-state index contributed by atoms with van der Waals surface area (Å²) in [6.45, 7) is 6.01. The monoisotopic (exact) mass is 382 g/mol. The van der Waals surface area contributed by atoms with Gasteiger partial charge in [-0.1, -0.05) is 6.92 Å². The zero-order valence-corrected chi connectivity index (χ0v) is 16.3. The Kier molecular flexibility index (Phi) is 3.38. The van der Waals surface area contributed by atoms with Crippen LogP contribution in [0.15, 0.2) is 36.5 Å². The quantitative estimate of drug-likeness (QED) is 0.521. The molecule has 0 bridgehead atoms. The number of hydrogen-bond donors (Lipinski definition) is 3. The van der Waals surface area contributed by atoms with Crippen molar-refractivity contribution in [1.82, 2.24) is 4.98 Å². The molecule has 3 nitrogen and oxygen atoms in total. The highest BCUT2D eigenvalue weighted by atomic mass is 19.1. The summed E-state index contributed by atoms with van der Waals surface area (Å²) in [5.41, 5.74) is 1.14. The molecule has 1 aliphatic heterocycles.